The van der Waals surface area contributed by atoms with E-state index in [1.165, 1.54) is 13.1 Å². The number of rotatable bonds is 3. The molecule has 1 fully saturated rings. The molecule has 1 rings (SSSR count). The lowest BCUT2D eigenvalue weighted by atomic mass is 10.0. The number of nitrogens with two attached hydrogens (primary N) is 1. The summed E-state index contributed by atoms with van der Waals surface area (Å²) < 4.78 is 0. The van der Waals surface area contributed by atoms with Crippen LogP contribution in [-0.2, 0) is 0 Å². The van der Waals surface area contributed by atoms with Gasteiger partial charge in [-0.2, -0.15) is 11.8 Å². The summed E-state index contributed by atoms with van der Waals surface area (Å²) in [5.41, 5.74) is 5.97. The van der Waals surface area contributed by atoms with Crippen LogP contribution in [0.25, 0.3) is 0 Å². The highest BCUT2D eigenvalue weighted by Gasteiger charge is 2.23. The summed E-state index contributed by atoms with van der Waals surface area (Å²) in [6.45, 7) is 12.5. The Kier molecular flexibility index (Phi) is 4.29. The Morgan fingerprint density at radius 2 is 1.79 bits per heavy atom. The Morgan fingerprint density at radius 1 is 1.29 bits per heavy atom. The first kappa shape index (κ1) is 12.3. The highest BCUT2D eigenvalue weighted by Crippen LogP contribution is 2.24. The minimum absolute atomic E-state index is 0.0168. The predicted molar refractivity (Wildman–Crippen MR) is 65.8 cm³/mol. The quantitative estimate of drug-likeness (QED) is 0.782. The van der Waals surface area contributed by atoms with Crippen molar-refractivity contribution in [2.45, 2.75) is 50.2 Å². The van der Waals surface area contributed by atoms with Gasteiger partial charge in [0.15, 0.2) is 0 Å². The maximum Gasteiger partial charge on any atom is 0.0149 e. The molecule has 2 atom stereocenters. The topological polar surface area (TPSA) is 29.3 Å². The van der Waals surface area contributed by atoms with E-state index in [1.54, 1.807) is 0 Å². The molecule has 1 saturated heterocycles. The average Bonchev–Trinajstić information content (AvgIpc) is 1.97. The molecule has 0 aromatic heterocycles. The molecule has 1 aliphatic heterocycles. The van der Waals surface area contributed by atoms with E-state index < -0.39 is 0 Å². The molecule has 2 nitrogen and oxygen atoms in total. The van der Waals surface area contributed by atoms with Crippen LogP contribution in [0.3, 0.4) is 0 Å². The third-order valence-corrected chi connectivity index (χ3v) is 3.79. The Balaban J connectivity index is 2.30. The van der Waals surface area contributed by atoms with Gasteiger partial charge in [0.1, 0.15) is 0 Å². The summed E-state index contributed by atoms with van der Waals surface area (Å²) in [7, 11) is 0. The summed E-state index contributed by atoms with van der Waals surface area (Å²) in [4.78, 5) is 2.56. The van der Waals surface area contributed by atoms with E-state index in [4.69, 9.17) is 5.73 Å². The van der Waals surface area contributed by atoms with Gasteiger partial charge in [0.05, 0.1) is 0 Å². The molecule has 3 heteroatoms. The molecule has 0 aliphatic carbocycles. The van der Waals surface area contributed by atoms with Gasteiger partial charge in [-0.25, -0.2) is 0 Å². The van der Waals surface area contributed by atoms with Gasteiger partial charge in [-0.05, 0) is 26.8 Å². The van der Waals surface area contributed by atoms with Crippen LogP contribution < -0.4 is 5.73 Å². The molecule has 84 valence electrons. The van der Waals surface area contributed by atoms with Gasteiger partial charge < -0.3 is 10.6 Å². The molecule has 0 spiro atoms. The largest absolute Gasteiger partial charge is 0.326 e. The maximum absolute atomic E-state index is 5.99. The normalized spacial score (nSPS) is 30.6. The molecule has 0 saturated carbocycles. The smallest absolute Gasteiger partial charge is 0.0149 e. The van der Waals surface area contributed by atoms with E-state index in [-0.39, 0.29) is 5.54 Å². The van der Waals surface area contributed by atoms with Crippen LogP contribution in [0.4, 0.5) is 0 Å². The fourth-order valence-corrected chi connectivity index (χ4v) is 3.30. The summed E-state index contributed by atoms with van der Waals surface area (Å²) in [5, 5.41) is 1.55. The third kappa shape index (κ3) is 4.67. The summed E-state index contributed by atoms with van der Waals surface area (Å²) in [6, 6.07) is 0. The van der Waals surface area contributed by atoms with Gasteiger partial charge >= 0.3 is 0 Å². The molecular weight excluding hydrogens is 192 g/mol. The molecule has 2 N–H and O–H groups in total. The Bertz CT molecular complexity index is 167. The summed E-state index contributed by atoms with van der Waals surface area (Å²) in [5.74, 6) is 0. The van der Waals surface area contributed by atoms with Gasteiger partial charge in [-0.1, -0.05) is 13.8 Å². The van der Waals surface area contributed by atoms with Gasteiger partial charge in [0.2, 0.25) is 0 Å². The van der Waals surface area contributed by atoms with Crippen LogP contribution in [0.15, 0.2) is 0 Å². The Labute approximate surface area is 92.6 Å². The van der Waals surface area contributed by atoms with Crippen LogP contribution in [0, 0.1) is 0 Å². The van der Waals surface area contributed by atoms with Gasteiger partial charge in [-0.3, -0.25) is 0 Å². The van der Waals surface area contributed by atoms with Gasteiger partial charge in [-0.15, -0.1) is 0 Å². The first-order valence-corrected chi connectivity index (χ1v) is 6.48. The highest BCUT2D eigenvalue weighted by atomic mass is 32.2. The van der Waals surface area contributed by atoms with E-state index in [0.29, 0.717) is 0 Å². The zero-order chi connectivity index (χ0) is 10.8. The number of nitrogens with zero attached hydrogens (tertiary/aromatic N) is 1. The zero-order valence-electron chi connectivity index (χ0n) is 9.92. The second-order valence-corrected chi connectivity index (χ2v) is 7.14. The van der Waals surface area contributed by atoms with Crippen molar-refractivity contribution < 1.29 is 0 Å². The van der Waals surface area contributed by atoms with E-state index >= 15 is 0 Å². The second-order valence-electron chi connectivity index (χ2n) is 5.26. The molecule has 1 aliphatic rings. The molecular formula is C11H24N2S. The lowest BCUT2D eigenvalue weighted by molar-refractivity contribution is 0.246. The number of hydrogen-bond acceptors (Lipinski definition) is 3. The van der Waals surface area contributed by atoms with Crippen molar-refractivity contribution in [3.8, 4) is 0 Å². The fraction of sp³-hybridized carbons (Fsp3) is 1.00. The minimum atomic E-state index is -0.0168. The first-order chi connectivity index (χ1) is 6.37. The standard InChI is InChI=1S/C11H24N2S/c1-9-7-13(8-10(2)14-9)6-5-11(3,4)12/h9-10H,5-8,12H2,1-4H3. The van der Waals surface area contributed by atoms with Crippen LogP contribution in [0.1, 0.15) is 34.1 Å². The molecule has 14 heavy (non-hydrogen) atoms. The van der Waals surface area contributed by atoms with E-state index in [0.717, 1.165) is 23.5 Å². The summed E-state index contributed by atoms with van der Waals surface area (Å²) in [6.07, 6.45) is 1.09. The zero-order valence-corrected chi connectivity index (χ0v) is 10.7. The second kappa shape index (κ2) is 4.86. The average molecular weight is 216 g/mol. The molecule has 1 heterocycles. The van der Waals surface area contributed by atoms with Crippen LogP contribution in [-0.4, -0.2) is 40.6 Å². The fourth-order valence-electron chi connectivity index (χ4n) is 1.91. The van der Waals surface area contributed by atoms with Crippen LogP contribution >= 0.6 is 11.8 Å². The SMILES string of the molecule is CC1CN(CCC(C)(C)N)CC(C)S1. The Hall–Kier alpha value is 0.270. The van der Waals surface area contributed by atoms with Crippen molar-refractivity contribution in [1.29, 1.82) is 0 Å². The lowest BCUT2D eigenvalue weighted by Gasteiger charge is -2.35. The number of hydrogen-bond donors (Lipinski definition) is 1. The monoisotopic (exact) mass is 216 g/mol. The van der Waals surface area contributed by atoms with Crippen molar-refractivity contribution in [3.63, 3.8) is 0 Å². The lowest BCUT2D eigenvalue weighted by Crippen LogP contribution is -2.44. The number of thioether (sulfide) groups is 1. The Morgan fingerprint density at radius 3 is 2.21 bits per heavy atom. The predicted octanol–water partition coefficient (Wildman–Crippen LogP) is 1.94. The van der Waals surface area contributed by atoms with Crippen molar-refractivity contribution in [1.82, 2.24) is 4.90 Å². The van der Waals surface area contributed by atoms with Crippen molar-refractivity contribution >= 4 is 11.8 Å². The van der Waals surface area contributed by atoms with Gasteiger partial charge in [0, 0.05) is 29.1 Å². The molecule has 0 radical (unpaired) electrons. The van der Waals surface area contributed by atoms with E-state index in [9.17, 15) is 0 Å². The van der Waals surface area contributed by atoms with Crippen molar-refractivity contribution in [2.75, 3.05) is 19.6 Å². The molecule has 0 amide bonds. The molecule has 0 aromatic rings. The maximum atomic E-state index is 5.99. The molecule has 0 bridgehead atoms. The van der Waals surface area contributed by atoms with E-state index in [2.05, 4.69) is 44.4 Å². The first-order valence-electron chi connectivity index (χ1n) is 5.53. The van der Waals surface area contributed by atoms with Crippen LogP contribution in [0.5, 0.6) is 0 Å². The highest BCUT2D eigenvalue weighted by molar-refractivity contribution is 8.00. The van der Waals surface area contributed by atoms with Gasteiger partial charge in [0.25, 0.3) is 0 Å². The summed E-state index contributed by atoms with van der Waals surface area (Å²) >= 11 is 2.11. The van der Waals surface area contributed by atoms with Crippen LogP contribution in [0.2, 0.25) is 0 Å². The molecule has 0 aromatic carbocycles. The third-order valence-electron chi connectivity index (χ3n) is 2.57. The van der Waals surface area contributed by atoms with Crippen molar-refractivity contribution in [3.05, 3.63) is 0 Å². The minimum Gasteiger partial charge on any atom is -0.326 e. The molecule has 2 unspecified atom stereocenters. The van der Waals surface area contributed by atoms with E-state index in [1.807, 2.05) is 0 Å². The van der Waals surface area contributed by atoms with Crippen molar-refractivity contribution in [2.24, 2.45) is 5.73 Å².